The second-order valence-corrected chi connectivity index (χ2v) is 3.35. The molecule has 0 saturated carbocycles. The average Bonchev–Trinajstić information content (AvgIpc) is 2.61. The Bertz CT molecular complexity index is 529. The second kappa shape index (κ2) is 3.72. The molecule has 8 heteroatoms. The van der Waals surface area contributed by atoms with Gasteiger partial charge in [-0.3, -0.25) is 0 Å². The van der Waals surface area contributed by atoms with E-state index in [0.717, 1.165) is 4.68 Å². The molecular formula is C9H8F3N5. The Hall–Kier alpha value is -2.12. The fourth-order valence-electron chi connectivity index (χ4n) is 1.29. The number of nitrogen functional groups attached to an aromatic ring is 1. The Kier molecular flexibility index (Phi) is 2.49. The van der Waals surface area contributed by atoms with Crippen molar-refractivity contribution in [2.24, 2.45) is 7.05 Å². The first kappa shape index (κ1) is 11.4. The SMILES string of the molecule is Cn1nc(C(F)(F)F)nc1-c1ccc(N)nc1. The molecule has 0 aromatic carbocycles. The maximum atomic E-state index is 12.4. The molecule has 17 heavy (non-hydrogen) atoms. The van der Waals surface area contributed by atoms with Gasteiger partial charge in [-0.05, 0) is 12.1 Å². The number of alkyl halides is 3. The fourth-order valence-corrected chi connectivity index (χ4v) is 1.29. The number of aryl methyl sites for hydroxylation is 1. The van der Waals surface area contributed by atoms with E-state index in [9.17, 15) is 13.2 Å². The molecule has 0 aliphatic rings. The van der Waals surface area contributed by atoms with Gasteiger partial charge in [0.05, 0.1) is 0 Å². The standard InChI is InChI=1S/C9H8F3N5/c1-17-7(5-2-3-6(13)14-4-5)15-8(16-17)9(10,11)12/h2-4H,1H3,(H2,13,14). The van der Waals surface area contributed by atoms with E-state index in [1.54, 1.807) is 0 Å². The maximum Gasteiger partial charge on any atom is 0.453 e. The zero-order chi connectivity index (χ0) is 12.6. The summed E-state index contributed by atoms with van der Waals surface area (Å²) in [5.41, 5.74) is 5.80. The molecule has 0 amide bonds. The highest BCUT2D eigenvalue weighted by atomic mass is 19.4. The van der Waals surface area contributed by atoms with E-state index in [2.05, 4.69) is 15.1 Å². The van der Waals surface area contributed by atoms with Crippen LogP contribution in [0.1, 0.15) is 5.82 Å². The van der Waals surface area contributed by atoms with Crippen LogP contribution in [-0.4, -0.2) is 19.7 Å². The van der Waals surface area contributed by atoms with Crippen molar-refractivity contribution in [2.75, 3.05) is 5.73 Å². The van der Waals surface area contributed by atoms with Crippen molar-refractivity contribution in [3.63, 3.8) is 0 Å². The van der Waals surface area contributed by atoms with Crippen LogP contribution in [0.25, 0.3) is 11.4 Å². The lowest BCUT2D eigenvalue weighted by Gasteiger charge is -1.99. The molecule has 0 atom stereocenters. The van der Waals surface area contributed by atoms with Gasteiger partial charge in [0.1, 0.15) is 5.82 Å². The number of halogens is 3. The molecule has 5 nitrogen and oxygen atoms in total. The van der Waals surface area contributed by atoms with Crippen LogP contribution in [0.4, 0.5) is 19.0 Å². The van der Waals surface area contributed by atoms with Gasteiger partial charge in [0.25, 0.3) is 5.82 Å². The minimum Gasteiger partial charge on any atom is -0.384 e. The van der Waals surface area contributed by atoms with Gasteiger partial charge in [-0.1, -0.05) is 0 Å². The number of rotatable bonds is 1. The minimum atomic E-state index is -4.56. The first-order valence-corrected chi connectivity index (χ1v) is 4.58. The third kappa shape index (κ3) is 2.19. The summed E-state index contributed by atoms with van der Waals surface area (Å²) in [5, 5.41) is 3.30. The van der Waals surface area contributed by atoms with Gasteiger partial charge in [-0.25, -0.2) is 14.6 Å². The first-order valence-electron chi connectivity index (χ1n) is 4.58. The second-order valence-electron chi connectivity index (χ2n) is 3.35. The smallest absolute Gasteiger partial charge is 0.384 e. The topological polar surface area (TPSA) is 69.6 Å². The van der Waals surface area contributed by atoms with Crippen molar-refractivity contribution >= 4 is 5.82 Å². The zero-order valence-electron chi connectivity index (χ0n) is 8.73. The lowest BCUT2D eigenvalue weighted by Crippen LogP contribution is -2.08. The van der Waals surface area contributed by atoms with Gasteiger partial charge < -0.3 is 5.73 Å². The van der Waals surface area contributed by atoms with E-state index >= 15 is 0 Å². The van der Waals surface area contributed by atoms with Crippen LogP contribution in [0, 0.1) is 0 Å². The summed E-state index contributed by atoms with van der Waals surface area (Å²) in [6.07, 6.45) is -3.21. The fraction of sp³-hybridized carbons (Fsp3) is 0.222. The lowest BCUT2D eigenvalue weighted by atomic mass is 10.2. The van der Waals surface area contributed by atoms with E-state index in [1.807, 2.05) is 0 Å². The van der Waals surface area contributed by atoms with Crippen molar-refractivity contribution in [1.82, 2.24) is 19.7 Å². The van der Waals surface area contributed by atoms with Crippen molar-refractivity contribution in [3.05, 3.63) is 24.2 Å². The molecule has 0 saturated heterocycles. The van der Waals surface area contributed by atoms with Crippen LogP contribution in [0.5, 0.6) is 0 Å². The third-order valence-corrected chi connectivity index (χ3v) is 2.06. The maximum absolute atomic E-state index is 12.4. The molecule has 2 heterocycles. The van der Waals surface area contributed by atoms with Crippen molar-refractivity contribution in [2.45, 2.75) is 6.18 Å². The molecule has 0 radical (unpaired) electrons. The predicted octanol–water partition coefficient (Wildman–Crippen LogP) is 1.48. The Labute approximate surface area is 94.1 Å². The number of hydrogen-bond donors (Lipinski definition) is 1. The molecule has 0 unspecified atom stereocenters. The van der Waals surface area contributed by atoms with Crippen molar-refractivity contribution in [3.8, 4) is 11.4 Å². The van der Waals surface area contributed by atoms with Crippen LogP contribution < -0.4 is 5.73 Å². The number of hydrogen-bond acceptors (Lipinski definition) is 4. The van der Waals surface area contributed by atoms with Crippen molar-refractivity contribution in [1.29, 1.82) is 0 Å². The van der Waals surface area contributed by atoms with E-state index in [1.165, 1.54) is 25.4 Å². The van der Waals surface area contributed by atoms with E-state index in [-0.39, 0.29) is 11.6 Å². The largest absolute Gasteiger partial charge is 0.453 e. The summed E-state index contributed by atoms with van der Waals surface area (Å²) in [5.74, 6) is -0.802. The van der Waals surface area contributed by atoms with Crippen LogP contribution >= 0.6 is 0 Å². The highest BCUT2D eigenvalue weighted by Crippen LogP contribution is 2.28. The number of nitrogens with zero attached hydrogens (tertiary/aromatic N) is 4. The predicted molar refractivity (Wildman–Crippen MR) is 53.6 cm³/mol. The molecule has 2 N–H and O–H groups in total. The molecular weight excluding hydrogens is 235 g/mol. The van der Waals surface area contributed by atoms with E-state index < -0.39 is 12.0 Å². The molecule has 90 valence electrons. The highest BCUT2D eigenvalue weighted by Gasteiger charge is 2.36. The summed E-state index contributed by atoms with van der Waals surface area (Å²) in [4.78, 5) is 7.21. The van der Waals surface area contributed by atoms with Crippen LogP contribution in [-0.2, 0) is 13.2 Å². The van der Waals surface area contributed by atoms with Gasteiger partial charge in [0.2, 0.25) is 0 Å². The molecule has 0 bridgehead atoms. The Morgan fingerprint density at radius 3 is 2.47 bits per heavy atom. The summed E-state index contributed by atoms with van der Waals surface area (Å²) in [6, 6.07) is 3.02. The van der Waals surface area contributed by atoms with Gasteiger partial charge in [0.15, 0.2) is 5.82 Å². The van der Waals surface area contributed by atoms with Crippen LogP contribution in [0.15, 0.2) is 18.3 Å². The third-order valence-electron chi connectivity index (χ3n) is 2.06. The molecule has 0 aliphatic carbocycles. The number of aromatic nitrogens is 4. The average molecular weight is 243 g/mol. The number of anilines is 1. The summed E-state index contributed by atoms with van der Waals surface area (Å²) in [6.45, 7) is 0. The zero-order valence-corrected chi connectivity index (χ0v) is 8.73. The first-order chi connectivity index (χ1) is 7.88. The minimum absolute atomic E-state index is 0.0878. The molecule has 2 aromatic heterocycles. The Balaban J connectivity index is 2.46. The number of pyridine rings is 1. The molecule has 0 spiro atoms. The number of nitrogens with two attached hydrogens (primary N) is 1. The Morgan fingerprint density at radius 2 is 2.00 bits per heavy atom. The van der Waals surface area contributed by atoms with Crippen molar-refractivity contribution < 1.29 is 13.2 Å². The molecule has 0 aliphatic heterocycles. The molecule has 2 rings (SSSR count). The monoisotopic (exact) mass is 243 g/mol. The van der Waals surface area contributed by atoms with E-state index in [4.69, 9.17) is 5.73 Å². The molecule has 0 fully saturated rings. The van der Waals surface area contributed by atoms with Gasteiger partial charge in [-0.2, -0.15) is 13.2 Å². The summed E-state index contributed by atoms with van der Waals surface area (Å²) < 4.78 is 38.2. The Morgan fingerprint density at radius 1 is 1.29 bits per heavy atom. The van der Waals surface area contributed by atoms with Crippen LogP contribution in [0.2, 0.25) is 0 Å². The normalized spacial score (nSPS) is 11.8. The van der Waals surface area contributed by atoms with E-state index in [0.29, 0.717) is 5.56 Å². The van der Waals surface area contributed by atoms with Gasteiger partial charge in [-0.15, -0.1) is 5.10 Å². The summed E-state index contributed by atoms with van der Waals surface area (Å²) >= 11 is 0. The van der Waals surface area contributed by atoms with Gasteiger partial charge >= 0.3 is 6.18 Å². The lowest BCUT2D eigenvalue weighted by molar-refractivity contribution is -0.144. The summed E-state index contributed by atoms with van der Waals surface area (Å²) in [7, 11) is 1.38. The highest BCUT2D eigenvalue weighted by molar-refractivity contribution is 5.55. The molecule has 2 aromatic rings. The van der Waals surface area contributed by atoms with Gasteiger partial charge in [0, 0.05) is 18.8 Å². The van der Waals surface area contributed by atoms with Crippen LogP contribution in [0.3, 0.4) is 0 Å². The quantitative estimate of drug-likeness (QED) is 0.823.